The second-order valence-electron chi connectivity index (χ2n) is 8.25. The van der Waals surface area contributed by atoms with Crippen LogP contribution in [0, 0.1) is 0 Å². The number of anilines is 1. The van der Waals surface area contributed by atoms with Crippen molar-refractivity contribution in [1.82, 2.24) is 19.4 Å². The Balaban J connectivity index is 1.35. The molecule has 150 valence electrons. The van der Waals surface area contributed by atoms with Crippen LogP contribution < -0.4 is 5.32 Å². The zero-order valence-corrected chi connectivity index (χ0v) is 16.7. The van der Waals surface area contributed by atoms with E-state index in [-0.39, 0.29) is 5.91 Å². The van der Waals surface area contributed by atoms with E-state index >= 15 is 0 Å². The van der Waals surface area contributed by atoms with E-state index in [1.165, 1.54) is 38.5 Å². The zero-order chi connectivity index (χ0) is 19.6. The summed E-state index contributed by atoms with van der Waals surface area (Å²) < 4.78 is 2.18. The van der Waals surface area contributed by atoms with Gasteiger partial charge in [-0.15, -0.1) is 0 Å². The lowest BCUT2D eigenvalue weighted by molar-refractivity contribution is 0.102. The highest BCUT2D eigenvalue weighted by Crippen LogP contribution is 2.31. The minimum Gasteiger partial charge on any atom is -0.322 e. The van der Waals surface area contributed by atoms with Gasteiger partial charge in [0.25, 0.3) is 5.91 Å². The van der Waals surface area contributed by atoms with Gasteiger partial charge in [0.1, 0.15) is 5.52 Å². The first-order valence-corrected chi connectivity index (χ1v) is 10.7. The third-order valence-electron chi connectivity index (χ3n) is 6.25. The summed E-state index contributed by atoms with van der Waals surface area (Å²) >= 11 is 0. The Morgan fingerprint density at radius 1 is 1.07 bits per heavy atom. The molecule has 6 heteroatoms. The molecule has 3 heterocycles. The molecule has 2 aliphatic rings. The Bertz CT molecular complexity index is 1020. The van der Waals surface area contributed by atoms with Gasteiger partial charge in [-0.25, -0.2) is 9.97 Å². The first kappa shape index (κ1) is 18.3. The van der Waals surface area contributed by atoms with Gasteiger partial charge in [-0.3, -0.25) is 9.69 Å². The standard InChI is InChI=1S/C23H27N5O/c29-23(26-20-10-4-1-7-17(20)15-27-11-5-6-12-27)18-13-21-22(24-14-18)28(16-25-21)19-8-2-3-9-19/h1,4,7,10,13-14,16,19H,2-3,5-6,8-9,11-12,15H2,(H,26,29). The molecule has 0 atom stereocenters. The van der Waals surface area contributed by atoms with Gasteiger partial charge in [-0.05, 0) is 56.5 Å². The summed E-state index contributed by atoms with van der Waals surface area (Å²) in [6.07, 6.45) is 11.0. The monoisotopic (exact) mass is 389 g/mol. The van der Waals surface area contributed by atoms with Gasteiger partial charge in [0.15, 0.2) is 5.65 Å². The zero-order valence-electron chi connectivity index (χ0n) is 16.7. The van der Waals surface area contributed by atoms with E-state index in [0.29, 0.717) is 11.6 Å². The van der Waals surface area contributed by atoms with Crippen molar-refractivity contribution >= 4 is 22.8 Å². The van der Waals surface area contributed by atoms with Crippen molar-refractivity contribution in [1.29, 1.82) is 0 Å². The summed E-state index contributed by atoms with van der Waals surface area (Å²) in [5, 5.41) is 3.09. The minimum absolute atomic E-state index is 0.135. The first-order chi connectivity index (χ1) is 14.3. The molecule has 5 rings (SSSR count). The smallest absolute Gasteiger partial charge is 0.257 e. The van der Waals surface area contributed by atoms with Crippen molar-refractivity contribution in [3.8, 4) is 0 Å². The van der Waals surface area contributed by atoms with Crippen molar-refractivity contribution in [3.63, 3.8) is 0 Å². The molecule has 1 saturated heterocycles. The number of fused-ring (bicyclic) bond motifs is 1. The predicted molar refractivity (Wildman–Crippen MR) is 114 cm³/mol. The largest absolute Gasteiger partial charge is 0.322 e. The highest BCUT2D eigenvalue weighted by Gasteiger charge is 2.20. The van der Waals surface area contributed by atoms with E-state index in [9.17, 15) is 4.79 Å². The molecule has 0 bridgehead atoms. The second kappa shape index (κ2) is 7.95. The normalized spacial score (nSPS) is 17.9. The van der Waals surface area contributed by atoms with Crippen molar-refractivity contribution < 1.29 is 4.79 Å². The van der Waals surface area contributed by atoms with E-state index in [1.54, 1.807) is 6.20 Å². The minimum atomic E-state index is -0.135. The lowest BCUT2D eigenvalue weighted by Crippen LogP contribution is -2.20. The molecule has 3 aromatic rings. The molecule has 0 radical (unpaired) electrons. The Morgan fingerprint density at radius 3 is 2.69 bits per heavy atom. The maximum atomic E-state index is 12.9. The third kappa shape index (κ3) is 3.77. The molecule has 29 heavy (non-hydrogen) atoms. The fourth-order valence-corrected chi connectivity index (χ4v) is 4.65. The third-order valence-corrected chi connectivity index (χ3v) is 6.25. The number of rotatable bonds is 5. The van der Waals surface area contributed by atoms with Crippen molar-refractivity contribution in [2.75, 3.05) is 18.4 Å². The van der Waals surface area contributed by atoms with Crippen LogP contribution in [0.2, 0.25) is 0 Å². The van der Waals surface area contributed by atoms with Gasteiger partial charge in [-0.1, -0.05) is 31.0 Å². The molecule has 1 N–H and O–H groups in total. The number of amides is 1. The van der Waals surface area contributed by atoms with E-state index in [1.807, 2.05) is 30.6 Å². The Morgan fingerprint density at radius 2 is 1.86 bits per heavy atom. The molecular formula is C23H27N5O. The van der Waals surface area contributed by atoms with Crippen LogP contribution >= 0.6 is 0 Å². The lowest BCUT2D eigenvalue weighted by Gasteiger charge is -2.17. The van der Waals surface area contributed by atoms with Gasteiger partial charge in [0.2, 0.25) is 0 Å². The van der Waals surface area contributed by atoms with Gasteiger partial charge in [0.05, 0.1) is 11.9 Å². The second-order valence-corrected chi connectivity index (χ2v) is 8.25. The van der Waals surface area contributed by atoms with E-state index in [0.717, 1.165) is 42.0 Å². The molecule has 1 aliphatic heterocycles. The maximum Gasteiger partial charge on any atom is 0.257 e. The number of hydrogen-bond donors (Lipinski definition) is 1. The Labute approximate surface area is 171 Å². The number of carbonyl (C=O) groups excluding carboxylic acids is 1. The molecule has 1 saturated carbocycles. The van der Waals surface area contributed by atoms with Gasteiger partial charge < -0.3 is 9.88 Å². The average Bonchev–Trinajstić information content (AvgIpc) is 3.50. The molecular weight excluding hydrogens is 362 g/mol. The van der Waals surface area contributed by atoms with Crippen LogP contribution in [0.15, 0.2) is 42.9 Å². The number of nitrogens with zero attached hydrogens (tertiary/aromatic N) is 4. The van der Waals surface area contributed by atoms with E-state index < -0.39 is 0 Å². The molecule has 1 aromatic carbocycles. The number of imidazole rings is 1. The van der Waals surface area contributed by atoms with Gasteiger partial charge in [-0.2, -0.15) is 0 Å². The number of pyridine rings is 1. The quantitative estimate of drug-likeness (QED) is 0.703. The molecule has 0 spiro atoms. The number of likely N-dealkylation sites (tertiary alicyclic amines) is 1. The summed E-state index contributed by atoms with van der Waals surface area (Å²) in [6.45, 7) is 3.14. The topological polar surface area (TPSA) is 63.1 Å². The molecule has 0 unspecified atom stereocenters. The van der Waals surface area contributed by atoms with E-state index in [2.05, 4.69) is 30.8 Å². The molecule has 6 nitrogen and oxygen atoms in total. The Hall–Kier alpha value is -2.73. The average molecular weight is 390 g/mol. The van der Waals surface area contributed by atoms with Crippen molar-refractivity contribution in [2.24, 2.45) is 0 Å². The Kier molecular flexibility index (Phi) is 5.02. The van der Waals surface area contributed by atoms with Crippen LogP contribution in [0.5, 0.6) is 0 Å². The number of carbonyl (C=O) groups is 1. The van der Waals surface area contributed by atoms with Crippen LogP contribution in [0.1, 0.15) is 60.5 Å². The summed E-state index contributed by atoms with van der Waals surface area (Å²) in [4.78, 5) is 24.4. The highest BCUT2D eigenvalue weighted by molar-refractivity contribution is 6.05. The molecule has 1 aliphatic carbocycles. The lowest BCUT2D eigenvalue weighted by atomic mass is 10.1. The van der Waals surface area contributed by atoms with E-state index in [4.69, 9.17) is 0 Å². The first-order valence-electron chi connectivity index (χ1n) is 10.7. The number of para-hydroxylation sites is 1. The fraction of sp³-hybridized carbons (Fsp3) is 0.435. The maximum absolute atomic E-state index is 12.9. The van der Waals surface area contributed by atoms with Crippen LogP contribution in [0.3, 0.4) is 0 Å². The fourth-order valence-electron chi connectivity index (χ4n) is 4.65. The number of hydrogen-bond acceptors (Lipinski definition) is 4. The summed E-state index contributed by atoms with van der Waals surface area (Å²) in [6, 6.07) is 10.4. The van der Waals surface area contributed by atoms with Gasteiger partial charge >= 0.3 is 0 Å². The summed E-state index contributed by atoms with van der Waals surface area (Å²) in [5.74, 6) is -0.135. The van der Waals surface area contributed by atoms with Crippen LogP contribution in [0.25, 0.3) is 11.2 Å². The molecule has 2 fully saturated rings. The molecule has 2 aromatic heterocycles. The summed E-state index contributed by atoms with van der Waals surface area (Å²) in [5.41, 5.74) is 4.24. The SMILES string of the molecule is O=C(Nc1ccccc1CN1CCCC1)c1cnc2c(c1)ncn2C1CCCC1. The van der Waals surface area contributed by atoms with Crippen LogP contribution in [-0.2, 0) is 6.54 Å². The highest BCUT2D eigenvalue weighted by atomic mass is 16.1. The number of aromatic nitrogens is 3. The van der Waals surface area contributed by atoms with Gasteiger partial charge in [0, 0.05) is 24.5 Å². The summed E-state index contributed by atoms with van der Waals surface area (Å²) in [7, 11) is 0. The van der Waals surface area contributed by atoms with Crippen LogP contribution in [-0.4, -0.2) is 38.4 Å². The van der Waals surface area contributed by atoms with Crippen molar-refractivity contribution in [2.45, 2.75) is 51.1 Å². The number of nitrogens with one attached hydrogen (secondary N) is 1. The van der Waals surface area contributed by atoms with Crippen LogP contribution in [0.4, 0.5) is 5.69 Å². The number of benzene rings is 1. The predicted octanol–water partition coefficient (Wildman–Crippen LogP) is 4.39. The molecule has 1 amide bonds. The van der Waals surface area contributed by atoms with Crippen molar-refractivity contribution in [3.05, 3.63) is 54.0 Å².